The molecule has 0 aliphatic heterocycles. The lowest BCUT2D eigenvalue weighted by Gasteiger charge is -2.30. The van der Waals surface area contributed by atoms with Crippen molar-refractivity contribution in [2.45, 2.75) is 96.8 Å². The molecule has 1 N–H and O–H groups in total. The molecule has 1 amide bonds. The number of hydrogen-bond acceptors (Lipinski definition) is 3. The lowest BCUT2D eigenvalue weighted by Crippen LogP contribution is -2.49. The average Bonchev–Trinajstić information content (AvgIpc) is 2.58. The largest absolute Gasteiger partial charge is 0.544 e. The Kier molecular flexibility index (Phi) is 16.3. The third-order valence-corrected chi connectivity index (χ3v) is 5.08. The van der Waals surface area contributed by atoms with Crippen LogP contribution in [0.5, 0.6) is 0 Å². The third-order valence-electron chi connectivity index (χ3n) is 5.08. The molecule has 0 unspecified atom stereocenters. The maximum atomic E-state index is 11.8. The van der Waals surface area contributed by atoms with Gasteiger partial charge in [0.1, 0.15) is 6.54 Å². The van der Waals surface area contributed by atoms with Gasteiger partial charge in [-0.25, -0.2) is 0 Å². The van der Waals surface area contributed by atoms with Crippen LogP contribution in [0, 0.1) is 0 Å². The van der Waals surface area contributed by atoms with Gasteiger partial charge >= 0.3 is 0 Å². The Morgan fingerprint density at radius 1 is 0.778 bits per heavy atom. The smallest absolute Gasteiger partial charge is 0.219 e. The molecule has 0 atom stereocenters. The highest BCUT2D eigenvalue weighted by Crippen LogP contribution is 2.12. The molecule has 0 bridgehead atoms. The fraction of sp³-hybridized carbons (Fsp3) is 0.909. The molecule has 0 aliphatic rings. The van der Waals surface area contributed by atoms with Crippen molar-refractivity contribution in [3.63, 3.8) is 0 Å². The number of nitrogens with zero attached hydrogens (tertiary/aromatic N) is 1. The fourth-order valence-corrected chi connectivity index (χ4v) is 3.38. The molecule has 0 rings (SSSR count). The van der Waals surface area contributed by atoms with Crippen LogP contribution in [-0.2, 0) is 9.59 Å². The lowest BCUT2D eigenvalue weighted by molar-refractivity contribution is -0.884. The third kappa shape index (κ3) is 19.5. The molecule has 0 aromatic heterocycles. The number of quaternary nitrogens is 1. The van der Waals surface area contributed by atoms with Crippen LogP contribution >= 0.6 is 0 Å². The minimum atomic E-state index is -1.03. The van der Waals surface area contributed by atoms with E-state index < -0.39 is 5.97 Å². The molecule has 5 nitrogen and oxygen atoms in total. The van der Waals surface area contributed by atoms with E-state index in [4.69, 9.17) is 0 Å². The Balaban J connectivity index is 3.36. The number of hydrogen-bond donors (Lipinski definition) is 1. The number of nitrogens with one attached hydrogen (secondary N) is 1. The Hall–Kier alpha value is -1.10. The van der Waals surface area contributed by atoms with Gasteiger partial charge in [-0.15, -0.1) is 0 Å². The number of carboxylic acids is 1. The van der Waals surface area contributed by atoms with Gasteiger partial charge in [-0.3, -0.25) is 4.79 Å². The molecule has 0 aliphatic carbocycles. The van der Waals surface area contributed by atoms with Crippen LogP contribution < -0.4 is 10.4 Å². The molecule has 0 saturated heterocycles. The van der Waals surface area contributed by atoms with Crippen molar-refractivity contribution < 1.29 is 19.2 Å². The second-order valence-electron chi connectivity index (χ2n) is 8.53. The van der Waals surface area contributed by atoms with Crippen molar-refractivity contribution >= 4 is 11.9 Å². The molecule has 0 aromatic carbocycles. The van der Waals surface area contributed by atoms with E-state index in [1.165, 1.54) is 64.2 Å². The summed E-state index contributed by atoms with van der Waals surface area (Å²) in [6, 6.07) is 0. The minimum Gasteiger partial charge on any atom is -0.544 e. The van der Waals surface area contributed by atoms with E-state index in [2.05, 4.69) is 12.2 Å². The topological polar surface area (TPSA) is 69.2 Å². The number of aliphatic carboxylic acids is 1. The zero-order chi connectivity index (χ0) is 20.4. The number of amides is 1. The summed E-state index contributed by atoms with van der Waals surface area (Å²) in [7, 11) is 3.73. The number of carbonyl (C=O) groups excluding carboxylic acids is 2. The van der Waals surface area contributed by atoms with Crippen LogP contribution in [-0.4, -0.2) is 50.1 Å². The summed E-state index contributed by atoms with van der Waals surface area (Å²) >= 11 is 0. The summed E-state index contributed by atoms with van der Waals surface area (Å²) in [6.45, 7) is 3.60. The molecule has 0 radical (unpaired) electrons. The van der Waals surface area contributed by atoms with E-state index in [1.54, 1.807) is 0 Å². The highest BCUT2D eigenvalue weighted by Gasteiger charge is 2.14. The van der Waals surface area contributed by atoms with Gasteiger partial charge in [-0.1, -0.05) is 77.6 Å². The molecular weight excluding hydrogens is 340 g/mol. The van der Waals surface area contributed by atoms with E-state index in [1.807, 2.05) is 14.1 Å². The molecule has 0 heterocycles. The fourth-order valence-electron chi connectivity index (χ4n) is 3.38. The Bertz CT molecular complexity index is 384. The summed E-state index contributed by atoms with van der Waals surface area (Å²) in [5.41, 5.74) is 0. The minimum absolute atomic E-state index is 0.00675. The van der Waals surface area contributed by atoms with Gasteiger partial charge < -0.3 is 19.7 Å². The van der Waals surface area contributed by atoms with E-state index in [0.717, 1.165) is 19.3 Å². The van der Waals surface area contributed by atoms with Gasteiger partial charge in [0.2, 0.25) is 5.91 Å². The second-order valence-corrected chi connectivity index (χ2v) is 8.53. The van der Waals surface area contributed by atoms with Crippen LogP contribution in [0.15, 0.2) is 0 Å². The van der Waals surface area contributed by atoms with Crippen molar-refractivity contribution in [2.24, 2.45) is 0 Å². The molecule has 0 spiro atoms. The van der Waals surface area contributed by atoms with Crippen LogP contribution in [0.25, 0.3) is 0 Å². The Morgan fingerprint density at radius 2 is 1.26 bits per heavy atom. The van der Waals surface area contributed by atoms with Crippen molar-refractivity contribution in [3.8, 4) is 0 Å². The molecule has 160 valence electrons. The summed E-state index contributed by atoms with van der Waals surface area (Å²) in [5.74, 6) is -0.914. The highest BCUT2D eigenvalue weighted by molar-refractivity contribution is 5.75. The molecule has 0 fully saturated rings. The quantitative estimate of drug-likeness (QED) is 0.274. The number of likely N-dealkylation sites (N-methyl/N-ethyl adjacent to an activating group) is 1. The summed E-state index contributed by atoms with van der Waals surface area (Å²) in [5, 5.41) is 13.6. The number of carbonyl (C=O) groups is 2. The van der Waals surface area contributed by atoms with Crippen LogP contribution in [0.1, 0.15) is 96.8 Å². The average molecular weight is 385 g/mol. The van der Waals surface area contributed by atoms with Gasteiger partial charge in [-0.2, -0.15) is 0 Å². The van der Waals surface area contributed by atoms with Gasteiger partial charge in [0.15, 0.2) is 0 Å². The number of rotatable bonds is 19. The monoisotopic (exact) mass is 384 g/mol. The maximum absolute atomic E-state index is 11.8. The van der Waals surface area contributed by atoms with Gasteiger partial charge in [0, 0.05) is 19.4 Å². The van der Waals surface area contributed by atoms with E-state index in [0.29, 0.717) is 24.0 Å². The molecular formula is C22H44N2O3. The van der Waals surface area contributed by atoms with Gasteiger partial charge in [0.25, 0.3) is 0 Å². The summed E-state index contributed by atoms with van der Waals surface area (Å²) in [4.78, 5) is 22.5. The predicted molar refractivity (Wildman–Crippen MR) is 110 cm³/mol. The number of carboxylic acid groups (broad SMARTS) is 1. The first-order chi connectivity index (χ1) is 12.9. The summed E-state index contributed by atoms with van der Waals surface area (Å²) in [6.07, 6.45) is 17.0. The van der Waals surface area contributed by atoms with E-state index in [9.17, 15) is 14.7 Å². The predicted octanol–water partition coefficient (Wildman–Crippen LogP) is 3.41. The van der Waals surface area contributed by atoms with Gasteiger partial charge in [0.05, 0.1) is 26.6 Å². The zero-order valence-electron chi connectivity index (χ0n) is 18.2. The molecule has 5 heteroatoms. The molecule has 0 saturated carbocycles. The van der Waals surface area contributed by atoms with Crippen molar-refractivity contribution in [1.29, 1.82) is 0 Å². The SMILES string of the molecule is CCCCCCCCCCCCCCC(=O)NCCC[N+](C)(C)CC(=O)[O-]. The summed E-state index contributed by atoms with van der Waals surface area (Å²) < 4.78 is 0.386. The van der Waals surface area contributed by atoms with Crippen LogP contribution in [0.3, 0.4) is 0 Å². The van der Waals surface area contributed by atoms with Crippen LogP contribution in [0.4, 0.5) is 0 Å². The molecule has 0 aromatic rings. The highest BCUT2D eigenvalue weighted by atomic mass is 16.4. The second kappa shape index (κ2) is 17.0. The first-order valence-corrected chi connectivity index (χ1v) is 11.2. The zero-order valence-corrected chi connectivity index (χ0v) is 18.2. The van der Waals surface area contributed by atoms with Crippen molar-refractivity contribution in [2.75, 3.05) is 33.7 Å². The van der Waals surface area contributed by atoms with Crippen molar-refractivity contribution in [3.05, 3.63) is 0 Å². The first kappa shape index (κ1) is 25.9. The van der Waals surface area contributed by atoms with Crippen LogP contribution in [0.2, 0.25) is 0 Å². The van der Waals surface area contributed by atoms with E-state index in [-0.39, 0.29) is 12.5 Å². The maximum Gasteiger partial charge on any atom is 0.219 e. The molecule has 27 heavy (non-hydrogen) atoms. The van der Waals surface area contributed by atoms with Crippen molar-refractivity contribution in [1.82, 2.24) is 5.32 Å². The Labute approximate surface area is 167 Å². The standard InChI is InChI=1S/C22H44N2O3/c1-4-5-6-7-8-9-10-11-12-13-14-15-17-21(25)23-18-16-19-24(2,3)20-22(26)27/h4-20H2,1-3H3,(H-,23,25,26,27). The number of unbranched alkanes of at least 4 members (excludes halogenated alkanes) is 11. The van der Waals surface area contributed by atoms with E-state index >= 15 is 0 Å². The Morgan fingerprint density at radius 3 is 1.74 bits per heavy atom. The van der Waals surface area contributed by atoms with Gasteiger partial charge in [-0.05, 0) is 6.42 Å². The lowest BCUT2D eigenvalue weighted by atomic mass is 10.0. The first-order valence-electron chi connectivity index (χ1n) is 11.2. The normalized spacial score (nSPS) is 11.5.